The molecule has 0 atom stereocenters. The van der Waals surface area contributed by atoms with Crippen LogP contribution in [0.5, 0.6) is 0 Å². The molecule has 0 amide bonds. The first kappa shape index (κ1) is 17.0. The lowest BCUT2D eigenvalue weighted by Crippen LogP contribution is -1.98. The predicted molar refractivity (Wildman–Crippen MR) is 89.1 cm³/mol. The van der Waals surface area contributed by atoms with Crippen LogP contribution >= 0.6 is 11.8 Å². The summed E-state index contributed by atoms with van der Waals surface area (Å²) in [6.07, 6.45) is 7.41. The Bertz CT molecular complexity index is 409. The number of hydrogen-bond donors (Lipinski definition) is 0. The van der Waals surface area contributed by atoms with E-state index in [0.29, 0.717) is 12.2 Å². The van der Waals surface area contributed by atoms with E-state index >= 15 is 0 Å². The fourth-order valence-corrected chi connectivity index (χ4v) is 2.77. The van der Waals surface area contributed by atoms with Gasteiger partial charge in [-0.05, 0) is 30.9 Å². The van der Waals surface area contributed by atoms with Crippen LogP contribution in [0.1, 0.15) is 58.8 Å². The van der Waals surface area contributed by atoms with Gasteiger partial charge in [0.05, 0.1) is 0 Å². The van der Waals surface area contributed by atoms with E-state index in [9.17, 15) is 4.79 Å². The lowest BCUT2D eigenvalue weighted by molar-refractivity contribution is -0.118. The first-order valence-corrected chi connectivity index (χ1v) is 8.49. The van der Waals surface area contributed by atoms with Gasteiger partial charge in [0.1, 0.15) is 5.78 Å². The lowest BCUT2D eigenvalue weighted by atomic mass is 10.1. The molecule has 1 rings (SSSR count). The molecule has 1 nitrogen and oxygen atoms in total. The van der Waals surface area contributed by atoms with E-state index in [4.69, 9.17) is 0 Å². The van der Waals surface area contributed by atoms with E-state index in [2.05, 4.69) is 24.5 Å². The highest BCUT2D eigenvalue weighted by molar-refractivity contribution is 8.02. The molecule has 2 heteroatoms. The lowest BCUT2D eigenvalue weighted by Gasteiger charge is -2.02. The fraction of sp³-hybridized carbons (Fsp3) is 0.500. The normalized spacial score (nSPS) is 11.6. The molecule has 0 unspecified atom stereocenters. The molecular weight excluding hydrogens is 264 g/mol. The number of benzene rings is 1. The standard InChI is InChI=1S/C18H26OS/c1-3-4-5-6-8-11-17(19)14-16(2)15-20-18-12-9-7-10-13-18/h7,9-10,12-13,15H,3-6,8,11,14H2,1-2H3/b16-15+. The predicted octanol–water partition coefficient (Wildman–Crippen LogP) is 6.00. The minimum Gasteiger partial charge on any atom is -0.299 e. The molecule has 0 spiro atoms. The molecule has 0 radical (unpaired) electrons. The number of rotatable bonds is 10. The summed E-state index contributed by atoms with van der Waals surface area (Å²) in [4.78, 5) is 13.1. The second kappa shape index (κ2) is 10.7. The van der Waals surface area contributed by atoms with Crippen molar-refractivity contribution in [3.63, 3.8) is 0 Å². The van der Waals surface area contributed by atoms with Crippen LogP contribution < -0.4 is 0 Å². The SMILES string of the molecule is CCCCCCCC(=O)C/C(C)=C/Sc1ccccc1. The fourth-order valence-electron chi connectivity index (χ4n) is 2.03. The molecule has 0 aliphatic rings. The van der Waals surface area contributed by atoms with E-state index in [-0.39, 0.29) is 0 Å². The maximum atomic E-state index is 11.8. The minimum absolute atomic E-state index is 0.379. The Morgan fingerprint density at radius 1 is 1.10 bits per heavy atom. The smallest absolute Gasteiger partial charge is 0.136 e. The van der Waals surface area contributed by atoms with Gasteiger partial charge in [-0.25, -0.2) is 0 Å². The number of thioether (sulfide) groups is 1. The van der Waals surface area contributed by atoms with Crippen LogP contribution in [0.2, 0.25) is 0 Å². The van der Waals surface area contributed by atoms with Crippen molar-refractivity contribution in [3.8, 4) is 0 Å². The molecule has 1 aromatic rings. The van der Waals surface area contributed by atoms with E-state index in [1.807, 2.05) is 25.1 Å². The van der Waals surface area contributed by atoms with Crippen molar-refractivity contribution in [2.45, 2.75) is 63.7 Å². The Hall–Kier alpha value is -1.02. The second-order valence-electron chi connectivity index (χ2n) is 5.27. The maximum absolute atomic E-state index is 11.8. The van der Waals surface area contributed by atoms with Crippen molar-refractivity contribution in [3.05, 3.63) is 41.3 Å². The summed E-state index contributed by atoms with van der Waals surface area (Å²) >= 11 is 1.69. The van der Waals surface area contributed by atoms with Crippen molar-refractivity contribution in [1.82, 2.24) is 0 Å². The van der Waals surface area contributed by atoms with Gasteiger partial charge in [0, 0.05) is 17.7 Å². The third-order valence-corrected chi connectivity index (χ3v) is 4.24. The van der Waals surface area contributed by atoms with E-state index < -0.39 is 0 Å². The molecule has 0 aliphatic heterocycles. The highest BCUT2D eigenvalue weighted by Gasteiger charge is 2.03. The van der Waals surface area contributed by atoms with Crippen LogP contribution in [0, 0.1) is 0 Å². The molecule has 0 bridgehead atoms. The molecular formula is C18H26OS. The zero-order valence-electron chi connectivity index (χ0n) is 12.7. The van der Waals surface area contributed by atoms with Crippen LogP contribution in [0.25, 0.3) is 0 Å². The first-order valence-electron chi connectivity index (χ1n) is 7.61. The Labute approximate surface area is 127 Å². The summed E-state index contributed by atoms with van der Waals surface area (Å²) in [7, 11) is 0. The van der Waals surface area contributed by atoms with Crippen molar-refractivity contribution >= 4 is 17.5 Å². The number of unbranched alkanes of at least 4 members (excludes halogenated alkanes) is 4. The van der Waals surface area contributed by atoms with Gasteiger partial charge in [-0.2, -0.15) is 0 Å². The number of ketones is 1. The molecule has 110 valence electrons. The van der Waals surface area contributed by atoms with Crippen molar-refractivity contribution in [1.29, 1.82) is 0 Å². The van der Waals surface area contributed by atoms with Crippen molar-refractivity contribution in [2.24, 2.45) is 0 Å². The first-order chi connectivity index (χ1) is 9.72. The van der Waals surface area contributed by atoms with Gasteiger partial charge in [0.25, 0.3) is 0 Å². The van der Waals surface area contributed by atoms with Crippen molar-refractivity contribution < 1.29 is 4.79 Å². The van der Waals surface area contributed by atoms with Crippen molar-refractivity contribution in [2.75, 3.05) is 0 Å². The molecule has 0 N–H and O–H groups in total. The monoisotopic (exact) mass is 290 g/mol. The van der Waals surface area contributed by atoms with Crippen LogP contribution in [0.4, 0.5) is 0 Å². The highest BCUT2D eigenvalue weighted by atomic mass is 32.2. The zero-order chi connectivity index (χ0) is 14.6. The summed E-state index contributed by atoms with van der Waals surface area (Å²) in [5, 5.41) is 2.10. The van der Waals surface area contributed by atoms with Gasteiger partial charge in [-0.1, -0.05) is 68.1 Å². The Balaban J connectivity index is 2.20. The molecule has 0 saturated heterocycles. The summed E-state index contributed by atoms with van der Waals surface area (Å²) < 4.78 is 0. The Morgan fingerprint density at radius 3 is 2.50 bits per heavy atom. The summed E-state index contributed by atoms with van der Waals surface area (Å²) in [5.74, 6) is 0.379. The topological polar surface area (TPSA) is 17.1 Å². The van der Waals surface area contributed by atoms with Gasteiger partial charge < -0.3 is 0 Å². The molecule has 0 heterocycles. The average Bonchev–Trinajstić information content (AvgIpc) is 2.46. The minimum atomic E-state index is 0.379. The second-order valence-corrected chi connectivity index (χ2v) is 6.22. The van der Waals surface area contributed by atoms with Gasteiger partial charge in [0.15, 0.2) is 0 Å². The van der Waals surface area contributed by atoms with Gasteiger partial charge in [0.2, 0.25) is 0 Å². The van der Waals surface area contributed by atoms with E-state index in [0.717, 1.165) is 18.4 Å². The quantitative estimate of drug-likeness (QED) is 0.388. The third-order valence-electron chi connectivity index (χ3n) is 3.17. The van der Waals surface area contributed by atoms with Crippen LogP contribution in [0.3, 0.4) is 0 Å². The molecule has 0 aromatic heterocycles. The molecule has 0 aliphatic carbocycles. The van der Waals surface area contributed by atoms with Gasteiger partial charge >= 0.3 is 0 Å². The number of Topliss-reactive ketones (excluding diaryl/α,β-unsaturated/α-hetero) is 1. The van der Waals surface area contributed by atoms with Crippen LogP contribution in [0.15, 0.2) is 46.2 Å². The highest BCUT2D eigenvalue weighted by Crippen LogP contribution is 2.21. The zero-order valence-corrected chi connectivity index (χ0v) is 13.5. The Morgan fingerprint density at radius 2 is 1.80 bits per heavy atom. The molecule has 0 fully saturated rings. The molecule has 20 heavy (non-hydrogen) atoms. The number of carbonyl (C=O) groups is 1. The van der Waals surface area contributed by atoms with E-state index in [1.54, 1.807) is 11.8 Å². The summed E-state index contributed by atoms with van der Waals surface area (Å²) in [5.41, 5.74) is 1.16. The molecule has 1 aromatic carbocycles. The van der Waals surface area contributed by atoms with Gasteiger partial charge in [-0.3, -0.25) is 4.79 Å². The van der Waals surface area contributed by atoms with Crippen LogP contribution in [-0.4, -0.2) is 5.78 Å². The third kappa shape index (κ3) is 8.21. The van der Waals surface area contributed by atoms with Gasteiger partial charge in [-0.15, -0.1) is 0 Å². The maximum Gasteiger partial charge on any atom is 0.136 e. The number of hydrogen-bond acceptors (Lipinski definition) is 2. The average molecular weight is 290 g/mol. The summed E-state index contributed by atoms with van der Waals surface area (Å²) in [6, 6.07) is 10.3. The number of allylic oxidation sites excluding steroid dienone is 1. The molecule has 0 saturated carbocycles. The summed E-state index contributed by atoms with van der Waals surface area (Å²) in [6.45, 7) is 4.26. The number of carbonyl (C=O) groups excluding carboxylic acids is 1. The van der Waals surface area contributed by atoms with E-state index in [1.165, 1.54) is 30.6 Å². The van der Waals surface area contributed by atoms with Crippen LogP contribution in [-0.2, 0) is 4.79 Å². The largest absolute Gasteiger partial charge is 0.299 e. The Kier molecular flexibility index (Phi) is 9.14.